The second kappa shape index (κ2) is 24.9. The summed E-state index contributed by atoms with van der Waals surface area (Å²) < 4.78 is 97.2. The Morgan fingerprint density at radius 3 is 2.19 bits per heavy atom. The zero-order valence-corrected chi connectivity index (χ0v) is 39.9. The van der Waals surface area contributed by atoms with Crippen LogP contribution in [0, 0.1) is 6.92 Å². The summed E-state index contributed by atoms with van der Waals surface area (Å²) in [5, 5.41) is 22.4. The van der Waals surface area contributed by atoms with E-state index >= 15 is 0 Å². The van der Waals surface area contributed by atoms with E-state index in [1.165, 1.54) is 50.8 Å². The van der Waals surface area contributed by atoms with Gasteiger partial charge in [0.25, 0.3) is 15.6 Å². The highest BCUT2D eigenvalue weighted by molar-refractivity contribution is 7.90. The van der Waals surface area contributed by atoms with Gasteiger partial charge in [0, 0.05) is 18.7 Å². The van der Waals surface area contributed by atoms with Gasteiger partial charge in [0.15, 0.2) is 6.10 Å². The van der Waals surface area contributed by atoms with E-state index in [1.807, 2.05) is 25.1 Å². The van der Waals surface area contributed by atoms with E-state index in [0.29, 0.717) is 32.3 Å². The third kappa shape index (κ3) is 17.1. The van der Waals surface area contributed by atoms with Gasteiger partial charge in [-0.3, -0.25) is 29.4 Å². The summed E-state index contributed by atoms with van der Waals surface area (Å²) in [5.41, 5.74) is -1.80. The molecule has 7 N–H and O–H groups in total. The molecule has 0 aliphatic carbocycles. The van der Waals surface area contributed by atoms with Crippen LogP contribution in [0.4, 0.5) is 23.9 Å². The van der Waals surface area contributed by atoms with Crippen molar-refractivity contribution in [2.75, 3.05) is 32.4 Å². The van der Waals surface area contributed by atoms with E-state index in [1.54, 1.807) is 11.6 Å². The molecule has 5 rings (SSSR count). The molecule has 0 saturated carbocycles. The van der Waals surface area contributed by atoms with E-state index in [0.717, 1.165) is 36.4 Å². The second-order valence-electron chi connectivity index (χ2n) is 13.7. The van der Waals surface area contributed by atoms with Crippen molar-refractivity contribution in [2.45, 2.75) is 51.0 Å². The summed E-state index contributed by atoms with van der Waals surface area (Å²) in [4.78, 5) is 95.9. The topological polar surface area (TPSA) is 356 Å². The maximum Gasteiger partial charge on any atom is 0.431 e. The molecule has 25 nitrogen and oxygen atoms in total. The van der Waals surface area contributed by atoms with Crippen molar-refractivity contribution in [3.05, 3.63) is 108 Å². The third-order valence-corrected chi connectivity index (χ3v) is 11.6. The van der Waals surface area contributed by atoms with E-state index in [4.69, 9.17) is 38.9 Å². The number of hydrogen-bond donors (Lipinski definition) is 7. The maximum atomic E-state index is 13.1. The number of anilines is 1. The predicted octanol–water partition coefficient (Wildman–Crippen LogP) is 2.89. The minimum Gasteiger partial charge on any atom is -0.489 e. The number of ether oxygens (including phenoxy) is 4. The lowest BCUT2D eigenvalue weighted by atomic mass is 10.1. The number of carboxylic acids is 2. The standard InChI is InChI=1S/C25H25F3N2O6.C11H11N5O6S2.C3H8NO5P/c1-5-16-6-7-17(20(12-16)36-15(2)23(32)34-4)14-35-19-10-8-18(9-11-19)30-22(31)13-21(25(26,27)28)29(3)24(30)33;1-5-12-9(15-11(13-5)22-2)14-10(19)16-24(20,21)6-3-4-23-7(6)8(17)18;5-3(6)1-4-2-10(7,8)9/h6-13,15H,5,14H2,1-4H3;3-4H,1-2H3,(H,17,18)(H2,12,13,14,15,16,19);4H,1-2H2,(H,5,6)(H2,7,8,9). The Morgan fingerprint density at radius 2 is 1.63 bits per heavy atom. The number of rotatable bonds is 17. The summed E-state index contributed by atoms with van der Waals surface area (Å²) in [6.07, 6.45) is -5.51. The number of aryl methyl sites for hydroxylation is 2. The molecule has 0 aliphatic rings. The lowest BCUT2D eigenvalue weighted by molar-refractivity contribution is -0.148. The number of aromatic nitrogens is 5. The summed E-state index contributed by atoms with van der Waals surface area (Å²) >= 11 is 0.723. The van der Waals surface area contributed by atoms with Gasteiger partial charge in [-0.25, -0.2) is 36.9 Å². The van der Waals surface area contributed by atoms with Crippen LogP contribution < -0.4 is 40.8 Å². The monoisotopic (exact) mass is 1050 g/mol. The van der Waals surface area contributed by atoms with Crippen molar-refractivity contribution < 1.29 is 84.3 Å². The summed E-state index contributed by atoms with van der Waals surface area (Å²) in [6, 6.07) is 11.5. The molecule has 5 aromatic rings. The molecule has 0 aliphatic heterocycles. The smallest absolute Gasteiger partial charge is 0.431 e. The minimum absolute atomic E-state index is 0.0633. The number of aromatic carboxylic acids is 1. The number of carboxylic acid groups (broad SMARTS) is 2. The quantitative estimate of drug-likeness (QED) is 0.0520. The van der Waals surface area contributed by atoms with Crippen LogP contribution >= 0.6 is 18.9 Å². The molecule has 0 fully saturated rings. The Morgan fingerprint density at radius 1 is 0.971 bits per heavy atom. The molecule has 1 unspecified atom stereocenters. The molecule has 3 heterocycles. The van der Waals surface area contributed by atoms with Crippen molar-refractivity contribution in [3.63, 3.8) is 0 Å². The van der Waals surface area contributed by atoms with Gasteiger partial charge in [-0.15, -0.1) is 11.3 Å². The Hall–Kier alpha value is -7.24. The number of alkyl halides is 3. The van der Waals surface area contributed by atoms with Gasteiger partial charge in [-0.2, -0.15) is 28.1 Å². The predicted molar refractivity (Wildman–Crippen MR) is 239 cm³/mol. The Kier molecular flexibility index (Phi) is 20.3. The van der Waals surface area contributed by atoms with Crippen LogP contribution in [0.3, 0.4) is 0 Å². The number of carbonyl (C=O) groups excluding carboxylic acids is 2. The van der Waals surface area contributed by atoms with E-state index < -0.39 is 93.4 Å². The molecule has 0 bridgehead atoms. The normalized spacial score (nSPS) is 11.6. The number of urea groups is 1. The number of nitrogens with one attached hydrogen (secondary N) is 3. The molecular weight excluding hydrogens is 1000 g/mol. The number of methoxy groups -OCH3 is 2. The molecule has 380 valence electrons. The number of esters is 1. The molecule has 2 amide bonds. The fraction of sp³-hybridized carbons (Fsp3) is 0.308. The molecule has 2 aromatic carbocycles. The van der Waals surface area contributed by atoms with Crippen LogP contribution in [0.5, 0.6) is 17.5 Å². The molecule has 70 heavy (non-hydrogen) atoms. The highest BCUT2D eigenvalue weighted by Gasteiger charge is 2.35. The minimum atomic E-state index is -4.84. The number of benzene rings is 2. The number of aliphatic carboxylic acids is 1. The molecule has 3 aromatic heterocycles. The molecular formula is C39H44F3N8O17PS2. The fourth-order valence-electron chi connectivity index (χ4n) is 5.32. The first-order valence-electron chi connectivity index (χ1n) is 19.5. The molecule has 0 spiro atoms. The van der Waals surface area contributed by atoms with Crippen molar-refractivity contribution in [2.24, 2.45) is 7.05 Å². The first kappa shape index (κ1) is 57.1. The van der Waals surface area contributed by atoms with Crippen LogP contribution in [0.1, 0.15) is 46.2 Å². The van der Waals surface area contributed by atoms with Gasteiger partial charge in [0.1, 0.15) is 39.4 Å². The van der Waals surface area contributed by atoms with E-state index in [-0.39, 0.29) is 30.1 Å². The average Bonchev–Trinajstić information content (AvgIpc) is 3.79. The number of sulfonamides is 1. The van der Waals surface area contributed by atoms with Crippen molar-refractivity contribution in [1.82, 2.24) is 34.1 Å². The average molecular weight is 1050 g/mol. The largest absolute Gasteiger partial charge is 0.489 e. The highest BCUT2D eigenvalue weighted by Crippen LogP contribution is 2.32. The number of hydrogen-bond acceptors (Lipinski definition) is 18. The van der Waals surface area contributed by atoms with Gasteiger partial charge < -0.3 is 38.9 Å². The molecule has 1 atom stereocenters. The van der Waals surface area contributed by atoms with E-state index in [2.05, 4.69) is 25.6 Å². The third-order valence-electron chi connectivity index (χ3n) is 8.55. The Bertz CT molecular complexity index is 2960. The molecule has 0 radical (unpaired) electrons. The van der Waals surface area contributed by atoms with Crippen LogP contribution in [0.25, 0.3) is 5.69 Å². The SMILES string of the molecule is CCc1ccc(COc2ccc(-n3c(=O)cc(C(F)(F)F)n(C)c3=O)cc2)c(OC(C)C(=O)OC)c1.COc1nc(C)nc(NC(=O)NS(=O)(=O)c2ccsc2C(=O)O)n1.O=C(O)CNCP(=O)(O)O. The lowest BCUT2D eigenvalue weighted by Gasteiger charge is -2.17. The summed E-state index contributed by atoms with van der Waals surface area (Å²) in [6.45, 7) is 4.71. The van der Waals surface area contributed by atoms with Gasteiger partial charge >= 0.3 is 49.4 Å². The van der Waals surface area contributed by atoms with Crippen molar-refractivity contribution in [3.8, 4) is 23.2 Å². The lowest BCUT2D eigenvalue weighted by Crippen LogP contribution is -2.40. The Labute approximate surface area is 398 Å². The number of carbonyl (C=O) groups is 4. The Balaban J connectivity index is 0.000000326. The van der Waals surface area contributed by atoms with Crippen LogP contribution in [-0.2, 0) is 55.2 Å². The zero-order chi connectivity index (χ0) is 52.7. The van der Waals surface area contributed by atoms with Crippen LogP contribution in [0.2, 0.25) is 0 Å². The first-order chi connectivity index (χ1) is 32.6. The first-order valence-corrected chi connectivity index (χ1v) is 23.6. The highest BCUT2D eigenvalue weighted by atomic mass is 32.2. The number of halogens is 3. The van der Waals surface area contributed by atoms with Gasteiger partial charge in [-0.05, 0) is 67.6 Å². The van der Waals surface area contributed by atoms with Gasteiger partial charge in [0.2, 0.25) is 5.95 Å². The number of amides is 2. The molecule has 31 heteroatoms. The second-order valence-corrected chi connectivity index (χ2v) is 17.9. The van der Waals surface area contributed by atoms with Crippen LogP contribution in [-0.4, -0.2) is 110 Å². The van der Waals surface area contributed by atoms with Crippen LogP contribution in [0.15, 0.2) is 74.5 Å². The van der Waals surface area contributed by atoms with Crippen molar-refractivity contribution >= 4 is 58.8 Å². The van der Waals surface area contributed by atoms with Gasteiger partial charge in [0.05, 0.1) is 32.7 Å². The zero-order valence-electron chi connectivity index (χ0n) is 37.4. The number of nitrogens with zero attached hydrogens (tertiary/aromatic N) is 5. The molecule has 0 saturated heterocycles. The summed E-state index contributed by atoms with van der Waals surface area (Å²) in [7, 11) is -4.94. The fourth-order valence-corrected chi connectivity index (χ4v) is 7.89. The van der Waals surface area contributed by atoms with Crippen molar-refractivity contribution in [1.29, 1.82) is 0 Å². The summed E-state index contributed by atoms with van der Waals surface area (Å²) in [5.74, 6) is -2.23. The van der Waals surface area contributed by atoms with E-state index in [9.17, 15) is 54.9 Å². The van der Waals surface area contributed by atoms with Gasteiger partial charge in [-0.1, -0.05) is 19.1 Å². The number of thiophene rings is 1. The maximum absolute atomic E-state index is 13.1.